The van der Waals surface area contributed by atoms with Crippen LogP contribution in [0, 0.1) is 5.82 Å². The van der Waals surface area contributed by atoms with E-state index in [2.05, 4.69) is 0 Å². The summed E-state index contributed by atoms with van der Waals surface area (Å²) in [6.07, 6.45) is -0.822. The second-order valence-electron chi connectivity index (χ2n) is 6.12. The molecule has 3 rings (SSSR count). The number of halogens is 1. The predicted octanol–water partition coefficient (Wildman–Crippen LogP) is 2.64. The van der Waals surface area contributed by atoms with Gasteiger partial charge >= 0.3 is 6.09 Å². The monoisotopic (exact) mass is 313 g/mol. The largest absolute Gasteiger partial charge is 0.443 e. The van der Waals surface area contributed by atoms with Crippen molar-refractivity contribution in [3.63, 3.8) is 0 Å². The summed E-state index contributed by atoms with van der Waals surface area (Å²) < 4.78 is 37.7. The molecule has 0 N–H and O–H groups in total. The molecule has 21 heavy (non-hydrogen) atoms. The number of carbonyl (C=O) groups excluding carboxylic acids is 1. The molecule has 1 unspecified atom stereocenters. The second-order valence-corrected chi connectivity index (χ2v) is 7.14. The number of carbonyl (C=O) groups is 1. The minimum absolute atomic E-state index is 0.374. The third-order valence-electron chi connectivity index (χ3n) is 3.40. The summed E-state index contributed by atoms with van der Waals surface area (Å²) in [7, 11) is 0. The minimum atomic E-state index is -1.96. The molecule has 1 fully saturated rings. The maximum atomic E-state index is 14.1. The molecule has 1 heterocycles. The molecule has 0 spiro atoms. The van der Waals surface area contributed by atoms with E-state index >= 15 is 0 Å². The molecule has 1 saturated heterocycles. The maximum absolute atomic E-state index is 14.1. The van der Waals surface area contributed by atoms with Crippen molar-refractivity contribution in [2.24, 2.45) is 0 Å². The smallest absolute Gasteiger partial charge is 0.424 e. The van der Waals surface area contributed by atoms with Crippen molar-refractivity contribution in [3.05, 3.63) is 35.1 Å². The Hall–Kier alpha value is -1.47. The zero-order valence-corrected chi connectivity index (χ0v) is 12.8. The Morgan fingerprint density at radius 2 is 2.19 bits per heavy atom. The Balaban J connectivity index is 1.97. The molecule has 1 amide bonds. The van der Waals surface area contributed by atoms with Gasteiger partial charge in [-0.15, -0.1) is 0 Å². The molecule has 1 aliphatic heterocycles. The molecule has 0 radical (unpaired) electrons. The summed E-state index contributed by atoms with van der Waals surface area (Å²) >= 11 is -1.96. The summed E-state index contributed by atoms with van der Waals surface area (Å²) in [6, 6.07) is 4.03. The zero-order valence-electron chi connectivity index (χ0n) is 12.0. The molecular weight excluding hydrogens is 297 g/mol. The van der Waals surface area contributed by atoms with Crippen molar-refractivity contribution in [2.45, 2.75) is 44.9 Å². The van der Waals surface area contributed by atoms with Crippen molar-refractivity contribution in [3.8, 4) is 0 Å². The Bertz CT molecular complexity index is 628. The van der Waals surface area contributed by atoms with Gasteiger partial charge in [0.25, 0.3) is 11.3 Å². The van der Waals surface area contributed by atoms with Gasteiger partial charge in [0, 0.05) is 12.0 Å². The molecule has 1 aromatic rings. The Morgan fingerprint density at radius 3 is 2.86 bits per heavy atom. The number of rotatable bonds is 0. The van der Waals surface area contributed by atoms with E-state index in [1.165, 1.54) is 6.07 Å². The molecule has 7 heteroatoms. The van der Waals surface area contributed by atoms with Crippen LogP contribution in [0.25, 0.3) is 0 Å². The van der Waals surface area contributed by atoms with Crippen molar-refractivity contribution in [1.82, 2.24) is 4.31 Å². The van der Waals surface area contributed by atoms with Gasteiger partial charge in [-0.1, -0.05) is 12.1 Å². The number of nitrogens with zero attached hydrogens (tertiary/aromatic N) is 1. The van der Waals surface area contributed by atoms with Gasteiger partial charge in [-0.2, -0.15) is 4.31 Å². The number of benzene rings is 1. The highest BCUT2D eigenvalue weighted by Crippen LogP contribution is 2.45. The van der Waals surface area contributed by atoms with E-state index in [1.54, 1.807) is 32.9 Å². The van der Waals surface area contributed by atoms with Gasteiger partial charge in [-0.3, -0.25) is 4.18 Å². The molecule has 5 nitrogen and oxygen atoms in total. The summed E-state index contributed by atoms with van der Waals surface area (Å²) in [5.74, 6) is -0.420. The van der Waals surface area contributed by atoms with Gasteiger partial charge in [-0.05, 0) is 32.4 Å². The molecule has 1 aromatic carbocycles. The first kappa shape index (κ1) is 14.5. The summed E-state index contributed by atoms with van der Waals surface area (Å²) in [4.78, 5) is 12.2. The van der Waals surface area contributed by atoms with Crippen molar-refractivity contribution in [1.29, 1.82) is 0 Å². The van der Waals surface area contributed by atoms with Gasteiger partial charge in [0.05, 0.1) is 0 Å². The number of hydrogen-bond acceptors (Lipinski definition) is 4. The first-order valence-corrected chi connectivity index (χ1v) is 7.69. The highest BCUT2D eigenvalue weighted by atomic mass is 32.2. The normalized spacial score (nSPS) is 27.4. The quantitative estimate of drug-likeness (QED) is 0.739. The van der Waals surface area contributed by atoms with E-state index in [0.717, 1.165) is 9.87 Å². The van der Waals surface area contributed by atoms with Crippen LogP contribution in [0.1, 0.15) is 37.9 Å². The Kier molecular flexibility index (Phi) is 3.29. The third-order valence-corrected chi connectivity index (χ3v) is 4.51. The minimum Gasteiger partial charge on any atom is -0.443 e. The standard InChI is InChI=1S/C14H16FNO4S/c1-14(2,3)19-13(17)16-12-10(20-21(16)18)7-8-5-4-6-9(15)11(8)12/h4-6,10,12H,7H2,1-3H3/t10-,12-,21?/m0/s1. The van der Waals surface area contributed by atoms with Gasteiger partial charge < -0.3 is 4.74 Å². The predicted molar refractivity (Wildman–Crippen MR) is 73.9 cm³/mol. The third kappa shape index (κ3) is 2.44. The fourth-order valence-electron chi connectivity index (χ4n) is 2.69. The average Bonchev–Trinajstić information content (AvgIpc) is 2.80. The summed E-state index contributed by atoms with van der Waals surface area (Å²) in [5, 5.41) is 0. The summed E-state index contributed by atoms with van der Waals surface area (Å²) in [6.45, 7) is 5.14. The van der Waals surface area contributed by atoms with Crippen LogP contribution >= 0.6 is 0 Å². The maximum Gasteiger partial charge on any atom is 0.424 e. The highest BCUT2D eigenvalue weighted by Gasteiger charge is 2.52. The lowest BCUT2D eigenvalue weighted by Crippen LogP contribution is -2.37. The first-order chi connectivity index (χ1) is 9.78. The van der Waals surface area contributed by atoms with E-state index < -0.39 is 40.9 Å². The fourth-order valence-corrected chi connectivity index (χ4v) is 3.75. The molecular formula is C14H16FNO4S. The Labute approximate surface area is 124 Å². The van der Waals surface area contributed by atoms with Crippen LogP contribution < -0.4 is 0 Å². The van der Waals surface area contributed by atoms with Crippen molar-refractivity contribution in [2.75, 3.05) is 0 Å². The van der Waals surface area contributed by atoms with Gasteiger partial charge in [0.2, 0.25) is 0 Å². The van der Waals surface area contributed by atoms with Crippen LogP contribution in [0.3, 0.4) is 0 Å². The van der Waals surface area contributed by atoms with Gasteiger partial charge in [-0.25, -0.2) is 13.4 Å². The SMILES string of the molecule is CC(C)(C)OC(=O)N1[C@@H]2c3c(F)cccc3C[C@@H]2OS1=O. The topological polar surface area (TPSA) is 55.8 Å². The van der Waals surface area contributed by atoms with E-state index in [4.69, 9.17) is 8.92 Å². The molecule has 2 aliphatic rings. The van der Waals surface area contributed by atoms with Crippen LogP contribution in [0.5, 0.6) is 0 Å². The average molecular weight is 313 g/mol. The van der Waals surface area contributed by atoms with Gasteiger partial charge in [0.1, 0.15) is 23.6 Å². The molecule has 3 atom stereocenters. The van der Waals surface area contributed by atoms with Crippen LogP contribution in [0.15, 0.2) is 18.2 Å². The fraction of sp³-hybridized carbons (Fsp3) is 0.500. The van der Waals surface area contributed by atoms with E-state index in [9.17, 15) is 13.4 Å². The van der Waals surface area contributed by atoms with Crippen LogP contribution in [-0.2, 0) is 26.6 Å². The molecule has 0 saturated carbocycles. The van der Waals surface area contributed by atoms with Gasteiger partial charge in [0.15, 0.2) is 0 Å². The van der Waals surface area contributed by atoms with E-state index in [-0.39, 0.29) is 0 Å². The lowest BCUT2D eigenvalue weighted by molar-refractivity contribution is 0.0344. The highest BCUT2D eigenvalue weighted by molar-refractivity contribution is 7.78. The lowest BCUT2D eigenvalue weighted by Gasteiger charge is -2.25. The molecule has 0 bridgehead atoms. The van der Waals surface area contributed by atoms with Crippen LogP contribution in [-0.4, -0.2) is 26.3 Å². The Morgan fingerprint density at radius 1 is 1.48 bits per heavy atom. The lowest BCUT2D eigenvalue weighted by atomic mass is 10.1. The number of hydrogen-bond donors (Lipinski definition) is 0. The van der Waals surface area contributed by atoms with Crippen LogP contribution in [0.2, 0.25) is 0 Å². The van der Waals surface area contributed by atoms with E-state index in [0.29, 0.717) is 12.0 Å². The molecule has 114 valence electrons. The van der Waals surface area contributed by atoms with Crippen molar-refractivity contribution < 1.29 is 22.3 Å². The van der Waals surface area contributed by atoms with Crippen molar-refractivity contribution >= 4 is 17.4 Å². The number of amides is 1. The van der Waals surface area contributed by atoms with E-state index in [1.807, 2.05) is 0 Å². The molecule has 0 aromatic heterocycles. The molecule has 1 aliphatic carbocycles. The first-order valence-electron chi connectivity index (χ1n) is 6.66. The number of fused-ring (bicyclic) bond motifs is 3. The van der Waals surface area contributed by atoms with Crippen LogP contribution in [0.4, 0.5) is 9.18 Å². The number of ether oxygens (including phenoxy) is 1. The summed E-state index contributed by atoms with van der Waals surface area (Å²) in [5.41, 5.74) is 0.422. The second kappa shape index (κ2) is 4.78. The zero-order chi connectivity index (χ0) is 15.4.